The third-order valence-corrected chi connectivity index (χ3v) is 6.39. The molecule has 2 aliphatic rings. The van der Waals surface area contributed by atoms with E-state index in [0.717, 1.165) is 16.8 Å². The Bertz CT molecular complexity index is 863. The molecule has 2 atom stereocenters. The summed E-state index contributed by atoms with van der Waals surface area (Å²) < 4.78 is 8.02. The van der Waals surface area contributed by atoms with Gasteiger partial charge in [0.15, 0.2) is 5.72 Å². The summed E-state index contributed by atoms with van der Waals surface area (Å²) in [5.41, 5.74) is 1.49. The quantitative estimate of drug-likeness (QED) is 0.434. The summed E-state index contributed by atoms with van der Waals surface area (Å²) in [5, 5.41) is 1.19. The van der Waals surface area contributed by atoms with Crippen LogP contribution in [0.2, 0.25) is 10.0 Å². The number of hydrogen-bond donors (Lipinski definition) is 0. The van der Waals surface area contributed by atoms with E-state index in [-0.39, 0.29) is 18.5 Å². The van der Waals surface area contributed by atoms with Crippen LogP contribution in [-0.4, -0.2) is 30.0 Å². The largest absolute Gasteiger partial charge is 0.350 e. The number of benzene rings is 2. The molecule has 0 saturated carbocycles. The smallest absolute Gasteiger partial charge is 0.250 e. The van der Waals surface area contributed by atoms with Crippen molar-refractivity contribution < 1.29 is 9.53 Å². The molecule has 0 radical (unpaired) electrons. The number of ether oxygens (including phenoxy) is 1. The Labute approximate surface area is 170 Å². The Kier molecular flexibility index (Phi) is 4.48. The molecule has 2 aromatic carbocycles. The van der Waals surface area contributed by atoms with Crippen molar-refractivity contribution in [3.63, 3.8) is 0 Å². The molecule has 0 spiro atoms. The molecule has 130 valence electrons. The zero-order chi connectivity index (χ0) is 17.8. The third-order valence-electron chi connectivity index (χ3n) is 4.77. The molecule has 4 rings (SSSR count). The van der Waals surface area contributed by atoms with E-state index >= 15 is 0 Å². The van der Waals surface area contributed by atoms with Gasteiger partial charge in [0.05, 0.1) is 41.7 Å². The first kappa shape index (κ1) is 17.5. The second kappa shape index (κ2) is 6.39. The fourth-order valence-corrected chi connectivity index (χ4v) is 4.64. The van der Waals surface area contributed by atoms with Gasteiger partial charge >= 0.3 is 0 Å². The van der Waals surface area contributed by atoms with Crippen molar-refractivity contribution in [2.24, 2.45) is 0 Å². The molecule has 2 unspecified atom stereocenters. The van der Waals surface area contributed by atoms with E-state index in [2.05, 4.69) is 11.8 Å². The van der Waals surface area contributed by atoms with Crippen molar-refractivity contribution in [3.05, 3.63) is 63.6 Å². The first-order valence-electron chi connectivity index (χ1n) is 7.89. The lowest BCUT2D eigenvalue weighted by molar-refractivity contribution is -0.122. The van der Waals surface area contributed by atoms with Gasteiger partial charge in [-0.1, -0.05) is 41.4 Å². The monoisotopic (exact) mass is 488 g/mol. The van der Waals surface area contributed by atoms with Gasteiger partial charge in [-0.15, -0.1) is 0 Å². The molecule has 0 aliphatic carbocycles. The molecule has 0 bridgehead atoms. The number of anilines is 1. The second-order valence-electron chi connectivity index (χ2n) is 6.25. The average Bonchev–Trinajstić information content (AvgIpc) is 2.88. The van der Waals surface area contributed by atoms with Crippen LogP contribution in [0.15, 0.2) is 42.5 Å². The number of carbonyl (C=O) groups excluding carboxylic acids is 1. The number of fused-ring (bicyclic) bond motifs is 3. The standard InChI is InChI=1S/C18H15Cl2IN2O2/c1-11-10-25-18(13-4-2-3-5-15(13)20)14-8-12(19)6-7-16(14)23(21)17(24)9-22(11)18/h2-8,11H,9-10H2,1H3. The van der Waals surface area contributed by atoms with Crippen molar-refractivity contribution in [2.75, 3.05) is 16.3 Å². The lowest BCUT2D eigenvalue weighted by atomic mass is 9.91. The zero-order valence-electron chi connectivity index (χ0n) is 13.4. The number of hydrogen-bond acceptors (Lipinski definition) is 3. The predicted molar refractivity (Wildman–Crippen MR) is 107 cm³/mol. The normalized spacial score (nSPS) is 26.3. The maximum absolute atomic E-state index is 12.8. The molecular weight excluding hydrogens is 474 g/mol. The molecule has 0 N–H and O–H groups in total. The minimum Gasteiger partial charge on any atom is -0.350 e. The lowest BCUT2D eigenvalue weighted by Gasteiger charge is -2.38. The fraction of sp³-hybridized carbons (Fsp3) is 0.278. The van der Waals surface area contributed by atoms with Crippen molar-refractivity contribution in [1.29, 1.82) is 0 Å². The number of carbonyl (C=O) groups is 1. The molecule has 7 heteroatoms. The highest BCUT2D eigenvalue weighted by Gasteiger charge is 2.54. The van der Waals surface area contributed by atoms with Crippen LogP contribution in [0.5, 0.6) is 0 Å². The van der Waals surface area contributed by atoms with Gasteiger partial charge in [-0.2, -0.15) is 0 Å². The third kappa shape index (κ3) is 2.59. The number of nitrogens with zero attached hydrogens (tertiary/aromatic N) is 2. The molecule has 1 amide bonds. The Morgan fingerprint density at radius 2 is 1.96 bits per heavy atom. The van der Waals surface area contributed by atoms with Crippen LogP contribution in [0.4, 0.5) is 5.69 Å². The molecular formula is C18H15Cl2IN2O2. The summed E-state index contributed by atoms with van der Waals surface area (Å²) in [7, 11) is 0. The van der Waals surface area contributed by atoms with Crippen molar-refractivity contribution >= 4 is 57.7 Å². The van der Waals surface area contributed by atoms with Gasteiger partial charge < -0.3 is 4.74 Å². The maximum atomic E-state index is 12.8. The average molecular weight is 489 g/mol. The fourth-order valence-electron chi connectivity index (χ4n) is 3.63. The van der Waals surface area contributed by atoms with Crippen LogP contribution in [-0.2, 0) is 15.3 Å². The van der Waals surface area contributed by atoms with Gasteiger partial charge in [0.2, 0.25) is 5.91 Å². The zero-order valence-corrected chi connectivity index (χ0v) is 17.0. The molecule has 1 fully saturated rings. The van der Waals surface area contributed by atoms with E-state index in [4.69, 9.17) is 27.9 Å². The van der Waals surface area contributed by atoms with Crippen LogP contribution in [0.3, 0.4) is 0 Å². The van der Waals surface area contributed by atoms with E-state index in [1.54, 1.807) is 9.18 Å². The van der Waals surface area contributed by atoms with E-state index in [0.29, 0.717) is 16.7 Å². The number of amides is 1. The molecule has 2 aromatic rings. The molecule has 0 aromatic heterocycles. The Morgan fingerprint density at radius 3 is 2.72 bits per heavy atom. The summed E-state index contributed by atoms with van der Waals surface area (Å²) >= 11 is 14.9. The van der Waals surface area contributed by atoms with E-state index in [9.17, 15) is 4.79 Å². The van der Waals surface area contributed by atoms with Crippen LogP contribution in [0, 0.1) is 0 Å². The molecule has 1 saturated heterocycles. The summed E-state index contributed by atoms with van der Waals surface area (Å²) in [6.07, 6.45) is 0. The van der Waals surface area contributed by atoms with Gasteiger partial charge in [-0.25, -0.2) is 0 Å². The van der Waals surface area contributed by atoms with Gasteiger partial charge in [0.25, 0.3) is 0 Å². The number of rotatable bonds is 1. The molecule has 2 heterocycles. The summed E-state index contributed by atoms with van der Waals surface area (Å²) in [6, 6.07) is 13.2. The maximum Gasteiger partial charge on any atom is 0.250 e. The lowest BCUT2D eigenvalue weighted by Crippen LogP contribution is -2.47. The van der Waals surface area contributed by atoms with Crippen LogP contribution in [0.1, 0.15) is 18.1 Å². The highest BCUT2D eigenvalue weighted by atomic mass is 127. The van der Waals surface area contributed by atoms with Crippen LogP contribution >= 0.6 is 46.1 Å². The van der Waals surface area contributed by atoms with Crippen molar-refractivity contribution in [3.8, 4) is 0 Å². The van der Waals surface area contributed by atoms with Crippen molar-refractivity contribution in [2.45, 2.75) is 18.7 Å². The minimum absolute atomic E-state index is 0.00421. The molecule has 2 aliphatic heterocycles. The minimum atomic E-state index is -0.937. The van der Waals surface area contributed by atoms with Gasteiger partial charge in [-0.3, -0.25) is 12.8 Å². The summed E-state index contributed by atoms with van der Waals surface area (Å²) in [4.78, 5) is 14.8. The van der Waals surface area contributed by atoms with Crippen LogP contribution < -0.4 is 3.11 Å². The molecule has 4 nitrogen and oxygen atoms in total. The van der Waals surface area contributed by atoms with Crippen LogP contribution in [0.25, 0.3) is 0 Å². The highest BCUT2D eigenvalue weighted by molar-refractivity contribution is 14.1. The number of halogens is 3. The first-order valence-corrected chi connectivity index (χ1v) is 9.61. The summed E-state index contributed by atoms with van der Waals surface area (Å²) in [6.45, 7) is 2.80. The Morgan fingerprint density at radius 1 is 1.20 bits per heavy atom. The highest BCUT2D eigenvalue weighted by Crippen LogP contribution is 2.51. The first-order chi connectivity index (χ1) is 11.9. The van der Waals surface area contributed by atoms with E-state index in [1.165, 1.54) is 0 Å². The van der Waals surface area contributed by atoms with E-state index < -0.39 is 5.72 Å². The second-order valence-corrected chi connectivity index (χ2v) is 8.06. The van der Waals surface area contributed by atoms with Gasteiger partial charge in [-0.05, 0) is 31.2 Å². The molecule has 25 heavy (non-hydrogen) atoms. The Hall–Kier alpha value is -0.860. The van der Waals surface area contributed by atoms with Gasteiger partial charge in [0, 0.05) is 27.2 Å². The SMILES string of the molecule is CC1COC2(c3ccccc3Cl)c3cc(Cl)ccc3N(I)C(=O)CN12. The topological polar surface area (TPSA) is 32.8 Å². The van der Waals surface area contributed by atoms with Gasteiger partial charge in [0.1, 0.15) is 0 Å². The Balaban J connectivity index is 2.08. The predicted octanol–water partition coefficient (Wildman–Crippen LogP) is 4.61. The van der Waals surface area contributed by atoms with E-state index in [1.807, 2.05) is 59.3 Å². The van der Waals surface area contributed by atoms with Crippen molar-refractivity contribution in [1.82, 2.24) is 4.90 Å². The summed E-state index contributed by atoms with van der Waals surface area (Å²) in [5.74, 6) is -0.00421.